The molecule has 7 heteroatoms. The Hall–Kier alpha value is -1.50. The second kappa shape index (κ2) is 6.19. The summed E-state index contributed by atoms with van der Waals surface area (Å²) in [6.45, 7) is 7.58. The van der Waals surface area contributed by atoms with Crippen LogP contribution in [0.4, 0.5) is 13.2 Å². The lowest BCUT2D eigenvalue weighted by Gasteiger charge is -2.22. The molecular weight excluding hydrogens is 325 g/mol. The smallest absolute Gasteiger partial charge is 0.304 e. The number of amidine groups is 1. The number of nitrogens with zero attached hydrogens (tertiary/aromatic N) is 1. The van der Waals surface area contributed by atoms with Crippen molar-refractivity contribution in [3.05, 3.63) is 35.4 Å². The Morgan fingerprint density at radius 2 is 1.74 bits per heavy atom. The molecule has 0 aromatic heterocycles. The highest BCUT2D eigenvalue weighted by atomic mass is 32.2. The minimum absolute atomic E-state index is 0.0872. The van der Waals surface area contributed by atoms with Crippen LogP contribution >= 0.6 is 11.8 Å². The third-order valence-electron chi connectivity index (χ3n) is 4.11. The van der Waals surface area contributed by atoms with Crippen molar-refractivity contribution in [3.63, 3.8) is 0 Å². The normalized spacial score (nSPS) is 25.0. The van der Waals surface area contributed by atoms with Crippen molar-refractivity contribution in [2.24, 2.45) is 10.9 Å². The number of hydrogen-bond acceptors (Lipinski definition) is 3. The number of amides is 1. The van der Waals surface area contributed by atoms with E-state index in [4.69, 9.17) is 0 Å². The van der Waals surface area contributed by atoms with Crippen molar-refractivity contribution in [2.75, 3.05) is 0 Å². The maximum Gasteiger partial charge on any atom is 0.416 e. The van der Waals surface area contributed by atoms with Gasteiger partial charge in [0.2, 0.25) is 5.91 Å². The summed E-state index contributed by atoms with van der Waals surface area (Å²) in [7, 11) is 0. The second-order valence-electron chi connectivity index (χ2n) is 6.05. The molecule has 0 unspecified atom stereocenters. The molecule has 1 aliphatic heterocycles. The van der Waals surface area contributed by atoms with Gasteiger partial charge in [0.25, 0.3) is 0 Å². The van der Waals surface area contributed by atoms with Crippen LogP contribution in [0.15, 0.2) is 29.3 Å². The van der Waals surface area contributed by atoms with Crippen LogP contribution in [-0.2, 0) is 11.0 Å². The van der Waals surface area contributed by atoms with Gasteiger partial charge >= 0.3 is 6.18 Å². The van der Waals surface area contributed by atoms with Crippen LogP contribution in [0.2, 0.25) is 0 Å². The Morgan fingerprint density at radius 3 is 2.17 bits per heavy atom. The fourth-order valence-corrected chi connectivity index (χ4v) is 3.27. The summed E-state index contributed by atoms with van der Waals surface area (Å²) >= 11 is 1.37. The standard InChI is InChI=1S/C16H19F3N2OS/c1-9(2)15(4)13(22)21-14(23-15)20-10(3)11-5-7-12(8-6-11)16(17,18)19/h5-10H,1-4H3,(H,20,21,22)/t10-,15-/m0/s1. The topological polar surface area (TPSA) is 41.5 Å². The van der Waals surface area contributed by atoms with E-state index >= 15 is 0 Å². The zero-order chi connectivity index (χ0) is 17.4. The summed E-state index contributed by atoms with van der Waals surface area (Å²) in [5.74, 6) is 0.0532. The molecule has 0 aliphatic carbocycles. The number of halogens is 3. The number of nitrogens with one attached hydrogen (secondary N) is 1. The van der Waals surface area contributed by atoms with Crippen LogP contribution in [0.5, 0.6) is 0 Å². The van der Waals surface area contributed by atoms with Crippen molar-refractivity contribution >= 4 is 22.8 Å². The lowest BCUT2D eigenvalue weighted by molar-refractivity contribution is -0.137. The Labute approximate surface area is 137 Å². The van der Waals surface area contributed by atoms with Gasteiger partial charge in [-0.1, -0.05) is 37.7 Å². The largest absolute Gasteiger partial charge is 0.416 e. The Bertz CT molecular complexity index is 625. The molecule has 1 amide bonds. The monoisotopic (exact) mass is 344 g/mol. The molecule has 0 radical (unpaired) electrons. The SMILES string of the molecule is CC(C)[C@]1(C)SC(=N[C@@H](C)c2ccc(C(F)(F)F)cc2)NC1=O. The van der Waals surface area contributed by atoms with E-state index in [1.165, 1.54) is 23.9 Å². The van der Waals surface area contributed by atoms with Gasteiger partial charge in [-0.3, -0.25) is 9.79 Å². The first-order chi connectivity index (χ1) is 10.5. The molecule has 126 valence electrons. The summed E-state index contributed by atoms with van der Waals surface area (Å²) in [5, 5.41) is 3.27. The van der Waals surface area contributed by atoms with E-state index in [0.29, 0.717) is 10.7 Å². The molecule has 3 nitrogen and oxygen atoms in total. The molecular formula is C16H19F3N2OS. The van der Waals surface area contributed by atoms with E-state index in [1.807, 2.05) is 20.8 Å². The molecule has 1 fully saturated rings. The van der Waals surface area contributed by atoms with E-state index in [9.17, 15) is 18.0 Å². The molecule has 1 aliphatic rings. The van der Waals surface area contributed by atoms with E-state index in [1.54, 1.807) is 6.92 Å². The van der Waals surface area contributed by atoms with Gasteiger partial charge in [-0.2, -0.15) is 13.2 Å². The quantitative estimate of drug-likeness (QED) is 0.883. The fourth-order valence-electron chi connectivity index (χ4n) is 2.13. The minimum atomic E-state index is -4.35. The lowest BCUT2D eigenvalue weighted by Crippen LogP contribution is -2.38. The van der Waals surface area contributed by atoms with Gasteiger partial charge in [0.15, 0.2) is 5.17 Å². The predicted molar refractivity (Wildman–Crippen MR) is 86.3 cm³/mol. The molecule has 1 aromatic carbocycles. The zero-order valence-electron chi connectivity index (χ0n) is 13.4. The highest BCUT2D eigenvalue weighted by molar-refractivity contribution is 8.16. The first kappa shape index (κ1) is 17.8. The molecule has 0 spiro atoms. The molecule has 23 heavy (non-hydrogen) atoms. The second-order valence-corrected chi connectivity index (χ2v) is 7.49. The number of aliphatic imine (C=N–C) groups is 1. The average Bonchev–Trinajstić information content (AvgIpc) is 2.74. The predicted octanol–water partition coefficient (Wildman–Crippen LogP) is 4.40. The highest BCUT2D eigenvalue weighted by Gasteiger charge is 2.45. The van der Waals surface area contributed by atoms with Crippen LogP contribution in [0.1, 0.15) is 44.9 Å². The van der Waals surface area contributed by atoms with Crippen molar-refractivity contribution in [1.82, 2.24) is 5.32 Å². The van der Waals surface area contributed by atoms with Crippen LogP contribution in [0, 0.1) is 5.92 Å². The maximum absolute atomic E-state index is 12.6. The van der Waals surface area contributed by atoms with Crippen molar-refractivity contribution in [2.45, 2.75) is 44.7 Å². The van der Waals surface area contributed by atoms with Crippen molar-refractivity contribution in [1.29, 1.82) is 0 Å². The molecule has 1 N–H and O–H groups in total. The van der Waals surface area contributed by atoms with Gasteiger partial charge in [0.1, 0.15) is 4.75 Å². The van der Waals surface area contributed by atoms with Crippen LogP contribution in [0.25, 0.3) is 0 Å². The molecule has 0 bridgehead atoms. The summed E-state index contributed by atoms with van der Waals surface area (Å²) in [4.78, 5) is 16.5. The summed E-state index contributed by atoms with van der Waals surface area (Å²) in [6.07, 6.45) is -4.35. The van der Waals surface area contributed by atoms with E-state index < -0.39 is 16.5 Å². The zero-order valence-corrected chi connectivity index (χ0v) is 14.2. The first-order valence-electron chi connectivity index (χ1n) is 7.29. The summed E-state index contributed by atoms with van der Waals surface area (Å²) < 4.78 is 37.2. The van der Waals surface area contributed by atoms with Crippen molar-refractivity contribution < 1.29 is 18.0 Å². The van der Waals surface area contributed by atoms with E-state index in [0.717, 1.165) is 12.1 Å². The van der Waals surface area contributed by atoms with Gasteiger partial charge in [0.05, 0.1) is 11.6 Å². The van der Waals surface area contributed by atoms with Gasteiger partial charge in [-0.15, -0.1) is 0 Å². The lowest BCUT2D eigenvalue weighted by atomic mass is 9.96. The Balaban J connectivity index is 2.16. The van der Waals surface area contributed by atoms with Gasteiger partial charge in [0, 0.05) is 0 Å². The van der Waals surface area contributed by atoms with E-state index in [2.05, 4.69) is 10.3 Å². The summed E-state index contributed by atoms with van der Waals surface area (Å²) in [6, 6.07) is 4.59. The number of hydrogen-bond donors (Lipinski definition) is 1. The Kier molecular flexibility index (Phi) is 4.80. The average molecular weight is 344 g/mol. The third kappa shape index (κ3) is 3.71. The number of carbonyl (C=O) groups excluding carboxylic acids is 1. The van der Waals surface area contributed by atoms with Gasteiger partial charge in [-0.05, 0) is 37.5 Å². The number of alkyl halides is 3. The highest BCUT2D eigenvalue weighted by Crippen LogP contribution is 2.39. The first-order valence-corrected chi connectivity index (χ1v) is 8.11. The summed E-state index contributed by atoms with van der Waals surface area (Å²) in [5.41, 5.74) is -0.0180. The molecule has 1 heterocycles. The Morgan fingerprint density at radius 1 is 1.17 bits per heavy atom. The molecule has 0 saturated carbocycles. The van der Waals surface area contributed by atoms with Crippen molar-refractivity contribution in [3.8, 4) is 0 Å². The number of carbonyl (C=O) groups is 1. The number of thioether (sulfide) groups is 1. The minimum Gasteiger partial charge on any atom is -0.304 e. The van der Waals surface area contributed by atoms with E-state index in [-0.39, 0.29) is 17.9 Å². The number of rotatable bonds is 3. The van der Waals surface area contributed by atoms with Crippen LogP contribution in [0.3, 0.4) is 0 Å². The van der Waals surface area contributed by atoms with Crippen LogP contribution < -0.4 is 5.32 Å². The third-order valence-corrected chi connectivity index (χ3v) is 5.59. The molecule has 2 atom stereocenters. The fraction of sp³-hybridized carbons (Fsp3) is 0.500. The van der Waals surface area contributed by atoms with Gasteiger partial charge < -0.3 is 5.32 Å². The molecule has 1 aromatic rings. The molecule has 1 saturated heterocycles. The number of benzene rings is 1. The molecule has 2 rings (SSSR count). The van der Waals surface area contributed by atoms with Gasteiger partial charge in [-0.25, -0.2) is 0 Å². The maximum atomic E-state index is 12.6. The van der Waals surface area contributed by atoms with Crippen LogP contribution in [-0.4, -0.2) is 15.8 Å².